The van der Waals surface area contributed by atoms with Gasteiger partial charge in [-0.05, 0) is 24.3 Å². The number of hydrogen-bond acceptors (Lipinski definition) is 1. The highest BCUT2D eigenvalue weighted by molar-refractivity contribution is 6.00. The van der Waals surface area contributed by atoms with E-state index in [9.17, 15) is 4.79 Å². The highest BCUT2D eigenvalue weighted by Crippen LogP contribution is 2.31. The van der Waals surface area contributed by atoms with Gasteiger partial charge < -0.3 is 0 Å². The van der Waals surface area contributed by atoms with E-state index < -0.39 is 0 Å². The average Bonchev–Trinajstić information content (AvgIpc) is 2.30. The maximum Gasteiger partial charge on any atom is 0.166 e. The normalized spacial score (nSPS) is 21.6. The van der Waals surface area contributed by atoms with Crippen LogP contribution in [0, 0.1) is 11.8 Å². The molecule has 16 heavy (non-hydrogen) atoms. The van der Waals surface area contributed by atoms with E-state index in [0.717, 1.165) is 18.4 Å². The lowest BCUT2D eigenvalue weighted by Crippen LogP contribution is -2.27. The zero-order valence-electron chi connectivity index (χ0n) is 10.2. The van der Waals surface area contributed by atoms with E-state index in [1.807, 2.05) is 18.2 Å². The Morgan fingerprint density at radius 2 is 2.12 bits per heavy atom. The van der Waals surface area contributed by atoms with Gasteiger partial charge >= 0.3 is 0 Å². The van der Waals surface area contributed by atoms with Crippen molar-refractivity contribution in [3.05, 3.63) is 35.4 Å². The van der Waals surface area contributed by atoms with Crippen LogP contribution in [0.1, 0.15) is 49.0 Å². The highest BCUT2D eigenvalue weighted by atomic mass is 16.1. The molecule has 0 saturated heterocycles. The van der Waals surface area contributed by atoms with Crippen LogP contribution in [0.25, 0.3) is 0 Å². The predicted octanol–water partition coefficient (Wildman–Crippen LogP) is 3.87. The van der Waals surface area contributed by atoms with E-state index in [1.54, 1.807) is 0 Å². The molecule has 0 heterocycles. The van der Waals surface area contributed by atoms with Crippen LogP contribution in [0.4, 0.5) is 0 Å². The van der Waals surface area contributed by atoms with Crippen molar-refractivity contribution in [1.29, 1.82) is 0 Å². The lowest BCUT2D eigenvalue weighted by atomic mass is 9.75. The van der Waals surface area contributed by atoms with Crippen molar-refractivity contribution in [3.8, 4) is 0 Å². The highest BCUT2D eigenvalue weighted by Gasteiger charge is 2.30. The third-order valence-electron chi connectivity index (χ3n) is 3.78. The molecule has 1 nitrogen and oxygen atoms in total. The molecule has 0 bridgehead atoms. The van der Waals surface area contributed by atoms with Crippen LogP contribution in [0.3, 0.4) is 0 Å². The van der Waals surface area contributed by atoms with E-state index in [1.165, 1.54) is 18.4 Å². The summed E-state index contributed by atoms with van der Waals surface area (Å²) in [5, 5.41) is 0. The van der Waals surface area contributed by atoms with Crippen molar-refractivity contribution >= 4 is 5.78 Å². The summed E-state index contributed by atoms with van der Waals surface area (Å²) in [6, 6.07) is 8.09. The van der Waals surface area contributed by atoms with Crippen LogP contribution < -0.4 is 0 Å². The molecule has 2 unspecified atom stereocenters. The van der Waals surface area contributed by atoms with Gasteiger partial charge in [0, 0.05) is 11.5 Å². The van der Waals surface area contributed by atoms with Crippen molar-refractivity contribution in [2.45, 2.75) is 39.5 Å². The van der Waals surface area contributed by atoms with Gasteiger partial charge in [-0.2, -0.15) is 0 Å². The minimum atomic E-state index is 0.259. The number of benzene rings is 1. The molecule has 0 aromatic heterocycles. The second-order valence-electron chi connectivity index (χ2n) is 4.93. The molecule has 1 aliphatic carbocycles. The molecule has 2 rings (SSSR count). The van der Waals surface area contributed by atoms with E-state index >= 15 is 0 Å². The second kappa shape index (κ2) is 4.82. The summed E-state index contributed by atoms with van der Waals surface area (Å²) in [5.41, 5.74) is 2.22. The fraction of sp³-hybridized carbons (Fsp3) is 0.533. The first-order valence-corrected chi connectivity index (χ1v) is 6.36. The minimum Gasteiger partial charge on any atom is -0.294 e. The Labute approximate surface area is 97.9 Å². The van der Waals surface area contributed by atoms with Gasteiger partial charge in [0.15, 0.2) is 5.78 Å². The Bertz CT molecular complexity index is 381. The van der Waals surface area contributed by atoms with Crippen LogP contribution in [-0.2, 0) is 6.42 Å². The second-order valence-corrected chi connectivity index (χ2v) is 4.93. The largest absolute Gasteiger partial charge is 0.294 e. The molecular formula is C15H20O. The molecule has 0 fully saturated rings. The Balaban J connectivity index is 2.21. The average molecular weight is 216 g/mol. The van der Waals surface area contributed by atoms with Gasteiger partial charge in [-0.25, -0.2) is 0 Å². The van der Waals surface area contributed by atoms with Crippen LogP contribution in [0.2, 0.25) is 0 Å². The van der Waals surface area contributed by atoms with E-state index in [0.29, 0.717) is 11.7 Å². The van der Waals surface area contributed by atoms with Gasteiger partial charge in [0.2, 0.25) is 0 Å². The maximum atomic E-state index is 12.3. The summed E-state index contributed by atoms with van der Waals surface area (Å²) in [4.78, 5) is 12.3. The third-order valence-corrected chi connectivity index (χ3v) is 3.78. The van der Waals surface area contributed by atoms with Crippen molar-refractivity contribution in [2.24, 2.45) is 11.8 Å². The van der Waals surface area contributed by atoms with Crippen LogP contribution in [-0.4, -0.2) is 5.78 Å². The molecule has 1 heteroatoms. The molecule has 0 aliphatic heterocycles. The number of ketones is 1. The van der Waals surface area contributed by atoms with Gasteiger partial charge in [-0.1, -0.05) is 51.0 Å². The summed E-state index contributed by atoms with van der Waals surface area (Å²) in [7, 11) is 0. The first-order chi connectivity index (χ1) is 7.74. The van der Waals surface area contributed by atoms with Crippen molar-refractivity contribution in [2.75, 3.05) is 0 Å². The number of rotatable bonds is 3. The molecule has 0 saturated carbocycles. The van der Waals surface area contributed by atoms with Crippen LogP contribution >= 0.6 is 0 Å². The molecule has 0 radical (unpaired) electrons. The molecular weight excluding hydrogens is 196 g/mol. The molecule has 1 aromatic carbocycles. The molecule has 2 atom stereocenters. The van der Waals surface area contributed by atoms with Crippen molar-refractivity contribution in [1.82, 2.24) is 0 Å². The first-order valence-electron chi connectivity index (χ1n) is 6.36. The van der Waals surface area contributed by atoms with Gasteiger partial charge in [0.25, 0.3) is 0 Å². The van der Waals surface area contributed by atoms with Gasteiger partial charge in [0.1, 0.15) is 0 Å². The fourth-order valence-electron chi connectivity index (χ4n) is 2.82. The quantitative estimate of drug-likeness (QED) is 0.749. The van der Waals surface area contributed by atoms with Gasteiger partial charge in [-0.15, -0.1) is 0 Å². The monoisotopic (exact) mass is 216 g/mol. The maximum absolute atomic E-state index is 12.3. The topological polar surface area (TPSA) is 17.1 Å². The Morgan fingerprint density at radius 1 is 1.38 bits per heavy atom. The number of fused-ring (bicyclic) bond motifs is 1. The molecule has 1 aromatic rings. The summed E-state index contributed by atoms with van der Waals surface area (Å²) in [6.45, 7) is 4.41. The predicted molar refractivity (Wildman–Crippen MR) is 66.7 cm³/mol. The summed E-state index contributed by atoms with van der Waals surface area (Å²) in [6.07, 6.45) is 4.45. The number of carbonyl (C=O) groups excluding carboxylic acids is 1. The van der Waals surface area contributed by atoms with Crippen molar-refractivity contribution < 1.29 is 4.79 Å². The van der Waals surface area contributed by atoms with E-state index in [-0.39, 0.29) is 5.92 Å². The number of Topliss-reactive ketones (excluding diaryl/α,β-unsaturated/α-hetero) is 1. The van der Waals surface area contributed by atoms with Gasteiger partial charge in [-0.3, -0.25) is 4.79 Å². The van der Waals surface area contributed by atoms with E-state index in [2.05, 4.69) is 19.9 Å². The fourth-order valence-corrected chi connectivity index (χ4v) is 2.82. The Morgan fingerprint density at radius 3 is 2.88 bits per heavy atom. The summed E-state index contributed by atoms with van der Waals surface area (Å²) in [5.74, 6) is 1.17. The number of hydrogen-bond donors (Lipinski definition) is 0. The molecule has 1 aliphatic rings. The molecule has 0 N–H and O–H groups in total. The standard InChI is InChI=1S/C15H20O/c1-3-6-11(2)13-10-9-12-7-4-5-8-14(12)15(13)16/h4-5,7-8,11,13H,3,6,9-10H2,1-2H3. The van der Waals surface area contributed by atoms with E-state index in [4.69, 9.17) is 0 Å². The molecule has 0 amide bonds. The van der Waals surface area contributed by atoms with Crippen molar-refractivity contribution in [3.63, 3.8) is 0 Å². The lowest BCUT2D eigenvalue weighted by molar-refractivity contribution is 0.0851. The summed E-state index contributed by atoms with van der Waals surface area (Å²) >= 11 is 0. The minimum absolute atomic E-state index is 0.259. The smallest absolute Gasteiger partial charge is 0.166 e. The molecule has 0 spiro atoms. The summed E-state index contributed by atoms with van der Waals surface area (Å²) < 4.78 is 0. The number of aryl methyl sites for hydroxylation is 1. The zero-order valence-corrected chi connectivity index (χ0v) is 10.2. The first kappa shape index (κ1) is 11.4. The SMILES string of the molecule is CCCC(C)C1CCc2ccccc2C1=O. The Hall–Kier alpha value is -1.11. The Kier molecular flexibility index (Phi) is 3.42. The molecule has 86 valence electrons. The van der Waals surface area contributed by atoms with Crippen LogP contribution in [0.15, 0.2) is 24.3 Å². The van der Waals surface area contributed by atoms with Crippen LogP contribution in [0.5, 0.6) is 0 Å². The number of carbonyl (C=O) groups is 1. The lowest BCUT2D eigenvalue weighted by Gasteiger charge is -2.27. The zero-order chi connectivity index (χ0) is 11.5. The van der Waals surface area contributed by atoms with Gasteiger partial charge in [0.05, 0.1) is 0 Å². The third kappa shape index (κ3) is 2.04.